The Morgan fingerprint density at radius 3 is 2.58 bits per heavy atom. The molecule has 1 fully saturated rings. The Balaban J connectivity index is 2.46. The van der Waals surface area contributed by atoms with Crippen molar-refractivity contribution >= 4 is 5.97 Å². The van der Waals surface area contributed by atoms with Crippen LogP contribution in [0.3, 0.4) is 0 Å². The number of ether oxygens (including phenoxy) is 1. The number of carbonyl (C=O) groups excluding carboxylic acids is 1. The second-order valence-corrected chi connectivity index (χ2v) is 8.21. The van der Waals surface area contributed by atoms with Gasteiger partial charge in [0.2, 0.25) is 0 Å². The van der Waals surface area contributed by atoms with Crippen molar-refractivity contribution in [1.29, 1.82) is 0 Å². The van der Waals surface area contributed by atoms with Gasteiger partial charge in [-0.3, -0.25) is 0 Å². The molecule has 0 amide bonds. The normalized spacial score (nSPS) is 40.1. The molecule has 0 spiro atoms. The molecule has 2 aliphatic carbocycles. The van der Waals surface area contributed by atoms with E-state index in [4.69, 9.17) is 4.74 Å². The van der Waals surface area contributed by atoms with Crippen molar-refractivity contribution in [3.8, 4) is 0 Å². The predicted molar refractivity (Wildman–Crippen MR) is 94.3 cm³/mol. The van der Waals surface area contributed by atoms with Crippen molar-refractivity contribution in [3.05, 3.63) is 23.3 Å². The van der Waals surface area contributed by atoms with Gasteiger partial charge in [0.25, 0.3) is 0 Å². The maximum absolute atomic E-state index is 12.4. The molecule has 0 aliphatic heterocycles. The van der Waals surface area contributed by atoms with Gasteiger partial charge < -0.3 is 14.9 Å². The van der Waals surface area contributed by atoms with Crippen LogP contribution in [0.5, 0.6) is 0 Å². The first-order valence-corrected chi connectivity index (χ1v) is 8.98. The molecule has 0 saturated heterocycles. The second-order valence-electron chi connectivity index (χ2n) is 8.21. The fourth-order valence-electron chi connectivity index (χ4n) is 4.50. The summed E-state index contributed by atoms with van der Waals surface area (Å²) in [6, 6.07) is 0. The highest BCUT2D eigenvalue weighted by Crippen LogP contribution is 2.58. The zero-order valence-corrected chi connectivity index (χ0v) is 15.8. The zero-order chi connectivity index (χ0) is 18.3. The van der Waals surface area contributed by atoms with E-state index < -0.39 is 23.2 Å². The van der Waals surface area contributed by atoms with E-state index in [1.165, 1.54) is 0 Å². The summed E-state index contributed by atoms with van der Waals surface area (Å²) in [6.45, 7) is 11.5. The average molecular weight is 336 g/mol. The lowest BCUT2D eigenvalue weighted by Gasteiger charge is -2.44. The summed E-state index contributed by atoms with van der Waals surface area (Å²) >= 11 is 0. The van der Waals surface area contributed by atoms with Crippen LogP contribution in [0.1, 0.15) is 60.8 Å². The Hall–Kier alpha value is -1.13. The van der Waals surface area contributed by atoms with Gasteiger partial charge in [0.05, 0.1) is 11.7 Å². The van der Waals surface area contributed by atoms with E-state index in [-0.39, 0.29) is 17.8 Å². The van der Waals surface area contributed by atoms with Crippen LogP contribution in [0.15, 0.2) is 23.3 Å². The molecule has 4 heteroatoms. The van der Waals surface area contributed by atoms with Gasteiger partial charge in [-0.05, 0) is 39.5 Å². The molecule has 1 saturated carbocycles. The smallest absolute Gasteiger partial charge is 0.333 e. The lowest BCUT2D eigenvalue weighted by molar-refractivity contribution is -0.166. The maximum Gasteiger partial charge on any atom is 0.333 e. The summed E-state index contributed by atoms with van der Waals surface area (Å²) < 4.78 is 5.85. The average Bonchev–Trinajstić information content (AvgIpc) is 2.74. The molecular formula is C20H32O4. The quantitative estimate of drug-likeness (QED) is 0.471. The Kier molecular flexibility index (Phi) is 5.31. The number of hydrogen-bond acceptors (Lipinski definition) is 4. The van der Waals surface area contributed by atoms with Crippen LogP contribution < -0.4 is 0 Å². The number of rotatable bonds is 3. The van der Waals surface area contributed by atoms with Gasteiger partial charge in [0, 0.05) is 23.3 Å². The van der Waals surface area contributed by atoms with Gasteiger partial charge in [0.1, 0.15) is 6.10 Å². The van der Waals surface area contributed by atoms with E-state index in [1.807, 2.05) is 40.7 Å². The predicted octanol–water partition coefficient (Wildman–Crippen LogP) is 3.38. The number of esters is 1. The third-order valence-corrected chi connectivity index (χ3v) is 6.34. The molecule has 0 aromatic carbocycles. The van der Waals surface area contributed by atoms with Crippen molar-refractivity contribution in [2.75, 3.05) is 0 Å². The Bertz CT molecular complexity index is 562. The van der Waals surface area contributed by atoms with E-state index in [9.17, 15) is 15.0 Å². The fourth-order valence-corrected chi connectivity index (χ4v) is 4.50. The van der Waals surface area contributed by atoms with E-state index in [0.29, 0.717) is 24.8 Å². The summed E-state index contributed by atoms with van der Waals surface area (Å²) in [6.07, 6.45) is 4.42. The molecule has 0 radical (unpaired) electrons. The number of carbonyl (C=O) groups is 1. The molecule has 5 unspecified atom stereocenters. The summed E-state index contributed by atoms with van der Waals surface area (Å²) in [7, 11) is 0. The highest BCUT2D eigenvalue weighted by Gasteiger charge is 2.61. The summed E-state index contributed by atoms with van der Waals surface area (Å²) in [4.78, 5) is 12.4. The Morgan fingerprint density at radius 1 is 1.42 bits per heavy atom. The van der Waals surface area contributed by atoms with Gasteiger partial charge >= 0.3 is 5.97 Å². The van der Waals surface area contributed by atoms with Crippen LogP contribution >= 0.6 is 0 Å². The number of hydrogen-bond donors (Lipinski definition) is 2. The SMILES string of the molecule is CC=C(C)C(=O)OC1CC(C)=CC(O)C2(C)CCC(O)(C(C)C)C12. The molecule has 4 nitrogen and oxygen atoms in total. The lowest BCUT2D eigenvalue weighted by atomic mass is 9.66. The van der Waals surface area contributed by atoms with Crippen molar-refractivity contribution in [1.82, 2.24) is 0 Å². The van der Waals surface area contributed by atoms with Crippen molar-refractivity contribution in [3.63, 3.8) is 0 Å². The summed E-state index contributed by atoms with van der Waals surface area (Å²) in [5, 5.41) is 22.2. The standard InChI is InChI=1S/C20H32O4/c1-7-14(5)18(22)24-15-10-13(4)11-16(21)19(6)8-9-20(23,12(2)3)17(15)19/h7,11-12,15-17,21,23H,8-10H2,1-6H3. The first kappa shape index (κ1) is 19.2. The minimum absolute atomic E-state index is 0.0268. The van der Waals surface area contributed by atoms with Crippen LogP contribution in [0.4, 0.5) is 0 Å². The van der Waals surface area contributed by atoms with E-state index in [2.05, 4.69) is 0 Å². The third kappa shape index (κ3) is 3.06. The van der Waals surface area contributed by atoms with E-state index >= 15 is 0 Å². The van der Waals surface area contributed by atoms with Crippen LogP contribution in [-0.2, 0) is 9.53 Å². The Labute approximate surface area is 145 Å². The van der Waals surface area contributed by atoms with Crippen molar-refractivity contribution in [2.45, 2.75) is 78.6 Å². The summed E-state index contributed by atoms with van der Waals surface area (Å²) in [5.41, 5.74) is 0.128. The molecule has 2 aliphatic rings. The first-order valence-electron chi connectivity index (χ1n) is 8.98. The fraction of sp³-hybridized carbons (Fsp3) is 0.750. The molecule has 5 atom stereocenters. The molecule has 0 aromatic rings. The van der Waals surface area contributed by atoms with Gasteiger partial charge in [-0.2, -0.15) is 0 Å². The molecule has 2 N–H and O–H groups in total. The molecule has 0 bridgehead atoms. The van der Waals surface area contributed by atoms with Gasteiger partial charge in [-0.25, -0.2) is 4.79 Å². The molecule has 136 valence electrons. The molecule has 0 aromatic heterocycles. The third-order valence-electron chi connectivity index (χ3n) is 6.34. The topological polar surface area (TPSA) is 66.8 Å². The van der Waals surface area contributed by atoms with Gasteiger partial charge in [-0.1, -0.05) is 38.5 Å². The van der Waals surface area contributed by atoms with E-state index in [0.717, 1.165) is 5.57 Å². The monoisotopic (exact) mass is 336 g/mol. The molecule has 0 heterocycles. The Morgan fingerprint density at radius 2 is 2.04 bits per heavy atom. The number of fused-ring (bicyclic) bond motifs is 1. The zero-order valence-electron chi connectivity index (χ0n) is 15.8. The minimum atomic E-state index is -0.941. The molecular weight excluding hydrogens is 304 g/mol. The van der Waals surface area contributed by atoms with Gasteiger partial charge in [0.15, 0.2) is 0 Å². The van der Waals surface area contributed by atoms with Gasteiger partial charge in [-0.15, -0.1) is 0 Å². The highest BCUT2D eigenvalue weighted by atomic mass is 16.5. The van der Waals surface area contributed by atoms with Crippen LogP contribution in [0.25, 0.3) is 0 Å². The van der Waals surface area contributed by atoms with Crippen molar-refractivity contribution in [2.24, 2.45) is 17.3 Å². The molecule has 24 heavy (non-hydrogen) atoms. The number of aliphatic hydroxyl groups is 2. The van der Waals surface area contributed by atoms with Crippen LogP contribution in [0.2, 0.25) is 0 Å². The summed E-state index contributed by atoms with van der Waals surface area (Å²) in [5.74, 6) is -0.603. The minimum Gasteiger partial charge on any atom is -0.458 e. The number of aliphatic hydroxyl groups excluding tert-OH is 1. The molecule has 2 rings (SSSR count). The first-order chi connectivity index (χ1) is 11.1. The number of allylic oxidation sites excluding steroid dienone is 1. The van der Waals surface area contributed by atoms with E-state index in [1.54, 1.807) is 13.0 Å². The lowest BCUT2D eigenvalue weighted by Crippen LogP contribution is -2.52. The highest BCUT2D eigenvalue weighted by molar-refractivity contribution is 5.87. The second kappa shape index (κ2) is 6.64. The van der Waals surface area contributed by atoms with Crippen LogP contribution in [0, 0.1) is 17.3 Å². The largest absolute Gasteiger partial charge is 0.458 e. The van der Waals surface area contributed by atoms with Crippen molar-refractivity contribution < 1.29 is 19.7 Å². The van der Waals surface area contributed by atoms with Crippen LogP contribution in [-0.4, -0.2) is 34.0 Å². The maximum atomic E-state index is 12.4.